The lowest BCUT2D eigenvalue weighted by Gasteiger charge is -2.11. The topological polar surface area (TPSA) is 71.1 Å². The van der Waals surface area contributed by atoms with Crippen LogP contribution in [0.25, 0.3) is 22.3 Å². The number of hydrogen-bond donors (Lipinski definition) is 0. The van der Waals surface area contributed by atoms with E-state index >= 15 is 4.39 Å². The van der Waals surface area contributed by atoms with Crippen molar-refractivity contribution in [2.24, 2.45) is 0 Å². The third-order valence-electron chi connectivity index (χ3n) is 6.82. The van der Waals surface area contributed by atoms with Gasteiger partial charge in [0.1, 0.15) is 23.1 Å². The summed E-state index contributed by atoms with van der Waals surface area (Å²) in [4.78, 5) is 22.0. The minimum Gasteiger partial charge on any atom is -0.494 e. The van der Waals surface area contributed by atoms with E-state index in [0.29, 0.717) is 60.2 Å². The normalized spacial score (nSPS) is 10.6. The number of ether oxygens (including phenoxy) is 4. The van der Waals surface area contributed by atoms with E-state index in [9.17, 15) is 14.0 Å². The molecule has 0 fully saturated rings. The van der Waals surface area contributed by atoms with Crippen LogP contribution >= 0.6 is 0 Å². The van der Waals surface area contributed by atoms with E-state index in [1.54, 1.807) is 48.5 Å². The minimum absolute atomic E-state index is 0.290. The highest BCUT2D eigenvalue weighted by molar-refractivity contribution is 5.81. The molecule has 0 heterocycles. The van der Waals surface area contributed by atoms with E-state index in [2.05, 4.69) is 13.2 Å². The molecule has 3 aromatic carbocycles. The van der Waals surface area contributed by atoms with Gasteiger partial charge in [-0.3, -0.25) is 0 Å². The Bertz CT molecular complexity index is 1370. The van der Waals surface area contributed by atoms with Gasteiger partial charge in [-0.2, -0.15) is 0 Å². The van der Waals surface area contributed by atoms with E-state index in [4.69, 9.17) is 18.9 Å². The lowest BCUT2D eigenvalue weighted by molar-refractivity contribution is -0.138. The molecule has 0 aliphatic carbocycles. The molecule has 6 nitrogen and oxygen atoms in total. The third kappa shape index (κ3) is 11.7. The summed E-state index contributed by atoms with van der Waals surface area (Å²) in [6.07, 6.45) is 9.19. The van der Waals surface area contributed by atoms with Crippen LogP contribution in [0.4, 0.5) is 8.78 Å². The monoisotopic (exact) mass is 606 g/mol. The maximum atomic E-state index is 15.1. The molecular weight excluding hydrogens is 566 g/mol. The van der Waals surface area contributed by atoms with Crippen LogP contribution in [0.2, 0.25) is 0 Å². The van der Waals surface area contributed by atoms with Crippen LogP contribution in [0.5, 0.6) is 11.5 Å². The molecule has 3 rings (SSSR count). The van der Waals surface area contributed by atoms with E-state index < -0.39 is 23.6 Å². The second kappa shape index (κ2) is 18.9. The fraction of sp³-hybridized carbons (Fsp3) is 0.333. The molecule has 3 aromatic rings. The van der Waals surface area contributed by atoms with Gasteiger partial charge in [-0.25, -0.2) is 18.4 Å². The smallest absolute Gasteiger partial charge is 0.330 e. The van der Waals surface area contributed by atoms with Crippen LogP contribution in [0, 0.1) is 11.6 Å². The van der Waals surface area contributed by atoms with Gasteiger partial charge in [-0.15, -0.1) is 0 Å². The average Bonchev–Trinajstić information content (AvgIpc) is 3.03. The number of rotatable bonds is 20. The Morgan fingerprint density at radius 1 is 0.545 bits per heavy atom. The lowest BCUT2D eigenvalue weighted by Crippen LogP contribution is -2.02. The van der Waals surface area contributed by atoms with Gasteiger partial charge in [0.2, 0.25) is 0 Å². The first-order valence-corrected chi connectivity index (χ1v) is 14.9. The molecule has 0 saturated heterocycles. The van der Waals surface area contributed by atoms with Gasteiger partial charge in [0.05, 0.1) is 26.4 Å². The van der Waals surface area contributed by atoms with Crippen molar-refractivity contribution in [2.45, 2.75) is 51.4 Å². The van der Waals surface area contributed by atoms with Crippen LogP contribution in [0.3, 0.4) is 0 Å². The fourth-order valence-electron chi connectivity index (χ4n) is 4.43. The Morgan fingerprint density at radius 2 is 0.977 bits per heavy atom. The molecule has 0 aliphatic rings. The molecule has 44 heavy (non-hydrogen) atoms. The number of halogens is 2. The molecule has 0 aliphatic heterocycles. The zero-order chi connectivity index (χ0) is 31.6. The van der Waals surface area contributed by atoms with Crippen molar-refractivity contribution in [3.8, 4) is 33.8 Å². The minimum atomic E-state index is -0.490. The maximum Gasteiger partial charge on any atom is 0.330 e. The van der Waals surface area contributed by atoms with Gasteiger partial charge < -0.3 is 18.9 Å². The Hall–Kier alpha value is -4.46. The third-order valence-corrected chi connectivity index (χ3v) is 6.82. The molecular formula is C36H40F2O6. The first kappa shape index (κ1) is 34.0. The summed E-state index contributed by atoms with van der Waals surface area (Å²) in [7, 11) is 0. The standard InChI is InChI=1S/C36H40F2O6/c1-3-35(39)43-23-11-7-5-9-21-41-29-16-13-27(14-17-29)31-19-15-28(25-33(31)37)32-20-18-30(26-34(32)38)42-22-10-6-8-12-24-44-36(40)4-2/h3-4,13-20,25-26H,1-2,5-12,21-24H2. The second-order valence-electron chi connectivity index (χ2n) is 10.1. The van der Waals surface area contributed by atoms with Crippen molar-refractivity contribution in [2.75, 3.05) is 26.4 Å². The highest BCUT2D eigenvalue weighted by Crippen LogP contribution is 2.31. The summed E-state index contributed by atoms with van der Waals surface area (Å²) in [6.45, 7) is 8.46. The van der Waals surface area contributed by atoms with Gasteiger partial charge in [-0.05, 0) is 92.8 Å². The number of unbranched alkanes of at least 4 members (excludes halogenated alkanes) is 6. The molecule has 0 bridgehead atoms. The van der Waals surface area contributed by atoms with Crippen molar-refractivity contribution in [3.05, 3.63) is 97.6 Å². The molecule has 0 saturated carbocycles. The van der Waals surface area contributed by atoms with Crippen molar-refractivity contribution >= 4 is 11.9 Å². The maximum absolute atomic E-state index is 15.1. The van der Waals surface area contributed by atoms with E-state index in [0.717, 1.165) is 63.5 Å². The lowest BCUT2D eigenvalue weighted by atomic mass is 9.99. The van der Waals surface area contributed by atoms with Crippen molar-refractivity contribution in [1.29, 1.82) is 0 Å². The van der Waals surface area contributed by atoms with Gasteiger partial charge in [0.15, 0.2) is 0 Å². The van der Waals surface area contributed by atoms with Crippen LogP contribution in [0.15, 0.2) is 86.0 Å². The van der Waals surface area contributed by atoms with Gasteiger partial charge >= 0.3 is 11.9 Å². The number of carbonyl (C=O) groups is 2. The molecule has 0 unspecified atom stereocenters. The Morgan fingerprint density at radius 3 is 1.50 bits per heavy atom. The van der Waals surface area contributed by atoms with E-state index in [1.807, 2.05) is 0 Å². The van der Waals surface area contributed by atoms with Crippen LogP contribution in [-0.4, -0.2) is 38.4 Å². The zero-order valence-corrected chi connectivity index (χ0v) is 25.0. The van der Waals surface area contributed by atoms with Crippen LogP contribution < -0.4 is 9.47 Å². The molecule has 0 N–H and O–H groups in total. The van der Waals surface area contributed by atoms with Crippen molar-refractivity contribution in [3.63, 3.8) is 0 Å². The summed E-state index contributed by atoms with van der Waals surface area (Å²) in [5.41, 5.74) is 1.83. The first-order chi connectivity index (χ1) is 21.4. The van der Waals surface area contributed by atoms with Gasteiger partial charge in [-0.1, -0.05) is 37.4 Å². The van der Waals surface area contributed by atoms with E-state index in [-0.39, 0.29) is 0 Å². The zero-order valence-electron chi connectivity index (χ0n) is 25.0. The second-order valence-corrected chi connectivity index (χ2v) is 10.1. The summed E-state index contributed by atoms with van der Waals surface area (Å²) in [5, 5.41) is 0. The molecule has 8 heteroatoms. The predicted octanol–water partition coefficient (Wildman–Crippen LogP) is 8.64. The number of carbonyl (C=O) groups excluding carboxylic acids is 2. The average molecular weight is 607 g/mol. The van der Waals surface area contributed by atoms with Gasteiger partial charge in [0.25, 0.3) is 0 Å². The Kier molecular flexibility index (Phi) is 14.7. The molecule has 0 aromatic heterocycles. The fourth-order valence-corrected chi connectivity index (χ4v) is 4.43. The SMILES string of the molecule is C=CC(=O)OCCCCCCOc1ccc(-c2ccc(-c3ccc(OCCCCCCOC(=O)C=C)cc3F)cc2F)cc1. The Labute approximate surface area is 258 Å². The predicted molar refractivity (Wildman–Crippen MR) is 167 cm³/mol. The summed E-state index contributed by atoms with van der Waals surface area (Å²) in [5.74, 6) is -0.651. The summed E-state index contributed by atoms with van der Waals surface area (Å²) < 4.78 is 51.4. The van der Waals surface area contributed by atoms with Crippen molar-refractivity contribution < 1.29 is 37.3 Å². The quantitative estimate of drug-likeness (QED) is 0.0729. The van der Waals surface area contributed by atoms with Crippen LogP contribution in [0.1, 0.15) is 51.4 Å². The Balaban J connectivity index is 1.42. The molecule has 0 radical (unpaired) electrons. The highest BCUT2D eigenvalue weighted by atomic mass is 19.1. The molecule has 0 atom stereocenters. The van der Waals surface area contributed by atoms with Crippen molar-refractivity contribution in [1.82, 2.24) is 0 Å². The molecule has 234 valence electrons. The number of hydrogen-bond acceptors (Lipinski definition) is 6. The highest BCUT2D eigenvalue weighted by Gasteiger charge is 2.12. The number of benzene rings is 3. The van der Waals surface area contributed by atoms with E-state index in [1.165, 1.54) is 12.1 Å². The summed E-state index contributed by atoms with van der Waals surface area (Å²) in [6, 6.07) is 16.5. The van der Waals surface area contributed by atoms with Gasteiger partial charge in [0, 0.05) is 29.3 Å². The molecule has 0 spiro atoms. The largest absolute Gasteiger partial charge is 0.494 e. The molecule has 0 amide bonds. The summed E-state index contributed by atoms with van der Waals surface area (Å²) >= 11 is 0. The number of esters is 2. The van der Waals surface area contributed by atoms with Crippen LogP contribution in [-0.2, 0) is 19.1 Å². The first-order valence-electron chi connectivity index (χ1n) is 14.9.